The van der Waals surface area contributed by atoms with Crippen molar-refractivity contribution in [2.75, 3.05) is 19.7 Å². The number of aliphatic hydroxyl groups excluding tert-OH is 1. The average molecular weight is 302 g/mol. The molecule has 0 aromatic heterocycles. The van der Waals surface area contributed by atoms with Crippen LogP contribution >= 0.6 is 0 Å². The lowest BCUT2D eigenvalue weighted by Gasteiger charge is -2.14. The predicted molar refractivity (Wildman–Crippen MR) is 70.8 cm³/mol. The molecular formula is C14H17F3N2O2. The molecule has 0 heterocycles. The second-order valence-electron chi connectivity index (χ2n) is 4.50. The standard InChI is InChI=1S/C14H17F3N2O2/c15-14(16,17)6-3-7-19-9-12(20)10-21-13-5-2-1-4-11(13)8-18/h1-2,4-5,12,19-20H,3,6-7,9-10H2. The van der Waals surface area contributed by atoms with Crippen LogP contribution in [0.1, 0.15) is 18.4 Å². The second-order valence-corrected chi connectivity index (χ2v) is 4.50. The van der Waals surface area contributed by atoms with Crippen LogP contribution in [0.15, 0.2) is 24.3 Å². The van der Waals surface area contributed by atoms with Crippen molar-refractivity contribution in [1.29, 1.82) is 5.26 Å². The molecule has 0 radical (unpaired) electrons. The number of hydrogen-bond acceptors (Lipinski definition) is 4. The highest BCUT2D eigenvalue weighted by atomic mass is 19.4. The van der Waals surface area contributed by atoms with Crippen molar-refractivity contribution in [3.05, 3.63) is 29.8 Å². The number of nitrogens with zero attached hydrogens (tertiary/aromatic N) is 1. The fourth-order valence-electron chi connectivity index (χ4n) is 1.61. The molecule has 0 amide bonds. The fourth-order valence-corrected chi connectivity index (χ4v) is 1.61. The van der Waals surface area contributed by atoms with E-state index in [4.69, 9.17) is 10.00 Å². The first-order valence-corrected chi connectivity index (χ1v) is 6.50. The zero-order valence-corrected chi connectivity index (χ0v) is 11.4. The van der Waals surface area contributed by atoms with Crippen molar-refractivity contribution in [3.8, 4) is 11.8 Å². The largest absolute Gasteiger partial charge is 0.489 e. The van der Waals surface area contributed by atoms with E-state index in [0.717, 1.165) is 0 Å². The first kappa shape index (κ1) is 17.3. The van der Waals surface area contributed by atoms with Gasteiger partial charge in [0.2, 0.25) is 0 Å². The Kier molecular flexibility index (Phi) is 6.99. The van der Waals surface area contributed by atoms with Gasteiger partial charge < -0.3 is 15.2 Å². The number of rotatable bonds is 8. The minimum atomic E-state index is -4.15. The molecule has 1 rings (SSSR count). The van der Waals surface area contributed by atoms with Crippen molar-refractivity contribution >= 4 is 0 Å². The summed E-state index contributed by atoms with van der Waals surface area (Å²) in [5.74, 6) is 0.371. The van der Waals surface area contributed by atoms with Gasteiger partial charge in [-0.1, -0.05) is 12.1 Å². The van der Waals surface area contributed by atoms with Gasteiger partial charge in [0.1, 0.15) is 24.5 Å². The Hall–Kier alpha value is -1.78. The molecule has 1 aromatic carbocycles. The van der Waals surface area contributed by atoms with E-state index < -0.39 is 18.7 Å². The normalized spacial score (nSPS) is 12.7. The maximum atomic E-state index is 11.9. The molecule has 0 saturated carbocycles. The number of nitriles is 1. The highest BCUT2D eigenvalue weighted by Gasteiger charge is 2.25. The molecule has 1 unspecified atom stereocenters. The van der Waals surface area contributed by atoms with E-state index in [-0.39, 0.29) is 26.1 Å². The van der Waals surface area contributed by atoms with Crippen LogP contribution in [0.3, 0.4) is 0 Å². The quantitative estimate of drug-likeness (QED) is 0.723. The third-order valence-corrected chi connectivity index (χ3v) is 2.63. The lowest BCUT2D eigenvalue weighted by molar-refractivity contribution is -0.135. The number of nitrogens with one attached hydrogen (secondary N) is 1. The van der Waals surface area contributed by atoms with Crippen molar-refractivity contribution < 1.29 is 23.0 Å². The van der Waals surface area contributed by atoms with E-state index >= 15 is 0 Å². The Morgan fingerprint density at radius 2 is 2.05 bits per heavy atom. The molecule has 116 valence electrons. The van der Waals surface area contributed by atoms with Gasteiger partial charge in [-0.2, -0.15) is 18.4 Å². The molecule has 0 spiro atoms. The lowest BCUT2D eigenvalue weighted by atomic mass is 10.2. The van der Waals surface area contributed by atoms with Crippen LogP contribution in [0.4, 0.5) is 13.2 Å². The summed E-state index contributed by atoms with van der Waals surface area (Å²) in [6.07, 6.45) is -5.89. The summed E-state index contributed by atoms with van der Waals surface area (Å²) in [7, 11) is 0. The number of benzene rings is 1. The van der Waals surface area contributed by atoms with Crippen molar-refractivity contribution in [2.45, 2.75) is 25.1 Å². The first-order valence-electron chi connectivity index (χ1n) is 6.50. The van der Waals surface area contributed by atoms with Crippen LogP contribution in [0, 0.1) is 11.3 Å². The number of hydrogen-bond donors (Lipinski definition) is 2. The molecule has 0 fully saturated rings. The summed E-state index contributed by atoms with van der Waals surface area (Å²) < 4.78 is 41.0. The first-order chi connectivity index (χ1) is 9.92. The van der Waals surface area contributed by atoms with E-state index in [1.54, 1.807) is 24.3 Å². The monoisotopic (exact) mass is 302 g/mol. The molecule has 0 saturated heterocycles. The maximum Gasteiger partial charge on any atom is 0.389 e. The molecule has 21 heavy (non-hydrogen) atoms. The van der Waals surface area contributed by atoms with E-state index in [9.17, 15) is 18.3 Å². The second kappa shape index (κ2) is 8.49. The number of aliphatic hydroxyl groups is 1. The van der Waals surface area contributed by atoms with E-state index in [0.29, 0.717) is 11.3 Å². The maximum absolute atomic E-state index is 11.9. The van der Waals surface area contributed by atoms with Crippen LogP contribution in [0.25, 0.3) is 0 Å². The Labute approximate surface area is 121 Å². The van der Waals surface area contributed by atoms with Gasteiger partial charge in [-0.15, -0.1) is 0 Å². The van der Waals surface area contributed by atoms with Crippen molar-refractivity contribution in [1.82, 2.24) is 5.32 Å². The predicted octanol–water partition coefficient (Wildman–Crippen LogP) is 2.23. The molecule has 7 heteroatoms. The topological polar surface area (TPSA) is 65.3 Å². The average Bonchev–Trinajstić information content (AvgIpc) is 2.43. The molecule has 0 aliphatic carbocycles. The highest BCUT2D eigenvalue weighted by Crippen LogP contribution is 2.20. The number of ether oxygens (including phenoxy) is 1. The molecule has 0 aliphatic heterocycles. The summed E-state index contributed by atoms with van der Waals surface area (Å²) in [5.41, 5.74) is 0.364. The van der Waals surface area contributed by atoms with Gasteiger partial charge in [0, 0.05) is 13.0 Å². The minimum Gasteiger partial charge on any atom is -0.489 e. The van der Waals surface area contributed by atoms with Crippen LogP contribution in [0.5, 0.6) is 5.75 Å². The Bertz CT molecular complexity index is 472. The summed E-state index contributed by atoms with van der Waals surface area (Å²) in [6.45, 7) is 0.267. The molecule has 1 aromatic rings. The van der Waals surface area contributed by atoms with Gasteiger partial charge in [0.05, 0.1) is 5.56 Å². The number of halogens is 3. The van der Waals surface area contributed by atoms with Gasteiger partial charge in [0.25, 0.3) is 0 Å². The van der Waals surface area contributed by atoms with Gasteiger partial charge in [0.15, 0.2) is 0 Å². The van der Waals surface area contributed by atoms with E-state index in [1.807, 2.05) is 6.07 Å². The Morgan fingerprint density at radius 3 is 2.71 bits per heavy atom. The Balaban J connectivity index is 2.20. The van der Waals surface area contributed by atoms with Gasteiger partial charge >= 0.3 is 6.18 Å². The lowest BCUT2D eigenvalue weighted by Crippen LogP contribution is -2.32. The van der Waals surface area contributed by atoms with Gasteiger partial charge in [-0.05, 0) is 25.1 Å². The molecule has 2 N–H and O–H groups in total. The zero-order valence-electron chi connectivity index (χ0n) is 11.4. The third kappa shape index (κ3) is 7.54. The summed E-state index contributed by atoms with van der Waals surface area (Å²) >= 11 is 0. The van der Waals surface area contributed by atoms with Crippen LogP contribution in [-0.2, 0) is 0 Å². The fraction of sp³-hybridized carbons (Fsp3) is 0.500. The number of para-hydroxylation sites is 1. The van der Waals surface area contributed by atoms with Crippen LogP contribution < -0.4 is 10.1 Å². The molecule has 1 atom stereocenters. The van der Waals surface area contributed by atoms with Crippen LogP contribution in [-0.4, -0.2) is 37.1 Å². The summed E-state index contributed by atoms with van der Waals surface area (Å²) in [5, 5.41) is 21.2. The van der Waals surface area contributed by atoms with Crippen molar-refractivity contribution in [3.63, 3.8) is 0 Å². The van der Waals surface area contributed by atoms with E-state index in [1.165, 1.54) is 0 Å². The molecule has 4 nitrogen and oxygen atoms in total. The minimum absolute atomic E-state index is 0.0334. The van der Waals surface area contributed by atoms with Gasteiger partial charge in [-0.25, -0.2) is 0 Å². The van der Waals surface area contributed by atoms with Crippen molar-refractivity contribution in [2.24, 2.45) is 0 Å². The highest BCUT2D eigenvalue weighted by molar-refractivity contribution is 5.42. The molecule has 0 bridgehead atoms. The van der Waals surface area contributed by atoms with Crippen LogP contribution in [0.2, 0.25) is 0 Å². The van der Waals surface area contributed by atoms with Gasteiger partial charge in [-0.3, -0.25) is 0 Å². The zero-order chi connectivity index (χ0) is 15.7. The smallest absolute Gasteiger partial charge is 0.389 e. The number of alkyl halides is 3. The molecular weight excluding hydrogens is 285 g/mol. The summed E-state index contributed by atoms with van der Waals surface area (Å²) in [6, 6.07) is 8.58. The summed E-state index contributed by atoms with van der Waals surface area (Å²) in [4.78, 5) is 0. The molecule has 0 aliphatic rings. The Morgan fingerprint density at radius 1 is 1.33 bits per heavy atom. The SMILES string of the molecule is N#Cc1ccccc1OCC(O)CNCCCC(F)(F)F. The van der Waals surface area contributed by atoms with E-state index in [2.05, 4.69) is 5.32 Å². The third-order valence-electron chi connectivity index (χ3n) is 2.63.